The molecule has 10 heteroatoms. The molecule has 1 N–H and O–H groups in total. The predicted molar refractivity (Wildman–Crippen MR) is 126 cm³/mol. The smallest absolute Gasteiger partial charge is 0.406 e. The predicted octanol–water partition coefficient (Wildman–Crippen LogP) is 4.90. The van der Waals surface area contributed by atoms with Crippen LogP contribution in [0, 0.1) is 12.7 Å². The monoisotopic (exact) mass is 490 g/mol. The number of nitrogens with one attached hydrogen (secondary N) is 1. The minimum atomic E-state index is -4.90. The number of pyridine rings is 1. The maximum absolute atomic E-state index is 14.1. The maximum Gasteiger partial charge on any atom is 0.573 e. The Balaban J connectivity index is 1.39. The average molecular weight is 491 g/mol. The van der Waals surface area contributed by atoms with Crippen LogP contribution in [0.5, 0.6) is 5.75 Å². The third-order valence-corrected chi connectivity index (χ3v) is 5.99. The Kier molecular flexibility index (Phi) is 7.11. The number of carbonyl (C=O) groups excluding carboxylic acids is 1. The van der Waals surface area contributed by atoms with Crippen molar-refractivity contribution in [2.45, 2.75) is 26.1 Å². The Morgan fingerprint density at radius 2 is 1.83 bits per heavy atom. The SMILES string of the molecule is Cc1cc(N2CCN(C)CC2)nc2ccc(NC(=O)CCc3ccc(OC(F)(F)F)cc3F)cc12. The fraction of sp³-hybridized carbons (Fsp3) is 0.360. The lowest BCUT2D eigenvalue weighted by Crippen LogP contribution is -2.44. The summed E-state index contributed by atoms with van der Waals surface area (Å²) in [6.07, 6.45) is -4.89. The fourth-order valence-corrected chi connectivity index (χ4v) is 4.05. The molecule has 0 spiro atoms. The van der Waals surface area contributed by atoms with Gasteiger partial charge in [-0.25, -0.2) is 9.37 Å². The summed E-state index contributed by atoms with van der Waals surface area (Å²) >= 11 is 0. The molecule has 3 aromatic rings. The van der Waals surface area contributed by atoms with E-state index in [-0.39, 0.29) is 24.3 Å². The van der Waals surface area contributed by atoms with Gasteiger partial charge in [-0.2, -0.15) is 0 Å². The summed E-state index contributed by atoms with van der Waals surface area (Å²) in [5.74, 6) is -0.894. The van der Waals surface area contributed by atoms with Crippen molar-refractivity contribution >= 4 is 28.3 Å². The van der Waals surface area contributed by atoms with Gasteiger partial charge in [0.15, 0.2) is 0 Å². The van der Waals surface area contributed by atoms with Crippen molar-refractivity contribution in [2.75, 3.05) is 43.4 Å². The van der Waals surface area contributed by atoms with Crippen LogP contribution in [0.15, 0.2) is 42.5 Å². The Morgan fingerprint density at radius 1 is 1.09 bits per heavy atom. The van der Waals surface area contributed by atoms with Crippen LogP contribution in [0.3, 0.4) is 0 Å². The first-order chi connectivity index (χ1) is 16.6. The molecule has 1 amide bonds. The van der Waals surface area contributed by atoms with Crippen molar-refractivity contribution in [3.63, 3.8) is 0 Å². The number of ether oxygens (including phenoxy) is 1. The Hall–Kier alpha value is -3.40. The van der Waals surface area contributed by atoms with E-state index in [4.69, 9.17) is 4.98 Å². The van der Waals surface area contributed by atoms with Crippen LogP contribution in [0.4, 0.5) is 29.1 Å². The molecule has 35 heavy (non-hydrogen) atoms. The molecule has 6 nitrogen and oxygen atoms in total. The molecule has 4 rings (SSSR count). The molecule has 1 aromatic heterocycles. The van der Waals surface area contributed by atoms with Gasteiger partial charge in [0.05, 0.1) is 5.52 Å². The third kappa shape index (κ3) is 6.39. The Labute approximate surface area is 200 Å². The highest BCUT2D eigenvalue weighted by Crippen LogP contribution is 2.27. The number of carbonyl (C=O) groups is 1. The first-order valence-corrected chi connectivity index (χ1v) is 11.3. The van der Waals surface area contributed by atoms with E-state index in [1.54, 1.807) is 6.07 Å². The highest BCUT2D eigenvalue weighted by atomic mass is 19.4. The van der Waals surface area contributed by atoms with Crippen LogP contribution in [0.25, 0.3) is 10.9 Å². The van der Waals surface area contributed by atoms with Gasteiger partial charge >= 0.3 is 6.36 Å². The number of aromatic nitrogens is 1. The number of alkyl halides is 3. The zero-order valence-electron chi connectivity index (χ0n) is 19.5. The molecule has 0 unspecified atom stereocenters. The molecular weight excluding hydrogens is 464 g/mol. The van der Waals surface area contributed by atoms with Crippen LogP contribution in [-0.4, -0.2) is 55.4 Å². The second-order valence-corrected chi connectivity index (χ2v) is 8.67. The second-order valence-electron chi connectivity index (χ2n) is 8.67. The number of hydrogen-bond donors (Lipinski definition) is 1. The van der Waals surface area contributed by atoms with E-state index in [9.17, 15) is 22.4 Å². The van der Waals surface area contributed by atoms with Crippen molar-refractivity contribution in [3.8, 4) is 5.75 Å². The molecule has 2 heterocycles. The van der Waals surface area contributed by atoms with Gasteiger partial charge in [0, 0.05) is 49.7 Å². The summed E-state index contributed by atoms with van der Waals surface area (Å²) in [5.41, 5.74) is 2.60. The number of fused-ring (bicyclic) bond motifs is 1. The molecule has 1 fully saturated rings. The summed E-state index contributed by atoms with van der Waals surface area (Å²) in [7, 11) is 2.10. The summed E-state index contributed by atoms with van der Waals surface area (Å²) in [4.78, 5) is 21.8. The quantitative estimate of drug-likeness (QED) is 0.498. The number of hydrogen-bond acceptors (Lipinski definition) is 5. The largest absolute Gasteiger partial charge is 0.573 e. The van der Waals surface area contributed by atoms with Gasteiger partial charge in [0.1, 0.15) is 17.4 Å². The van der Waals surface area contributed by atoms with Gasteiger partial charge < -0.3 is 19.9 Å². The van der Waals surface area contributed by atoms with Crippen LogP contribution < -0.4 is 15.0 Å². The van der Waals surface area contributed by atoms with E-state index in [0.29, 0.717) is 11.8 Å². The number of aryl methyl sites for hydroxylation is 2. The van der Waals surface area contributed by atoms with Crippen molar-refractivity contribution in [3.05, 3.63) is 59.4 Å². The van der Waals surface area contributed by atoms with Crippen molar-refractivity contribution in [1.29, 1.82) is 0 Å². The maximum atomic E-state index is 14.1. The summed E-state index contributed by atoms with van der Waals surface area (Å²) in [6.45, 7) is 5.81. The van der Waals surface area contributed by atoms with Gasteiger partial charge in [0.25, 0.3) is 0 Å². The lowest BCUT2D eigenvalue weighted by molar-refractivity contribution is -0.274. The molecule has 0 aliphatic carbocycles. The zero-order chi connectivity index (χ0) is 25.2. The van der Waals surface area contributed by atoms with Crippen molar-refractivity contribution in [2.24, 2.45) is 0 Å². The first kappa shape index (κ1) is 24.7. The molecule has 0 bridgehead atoms. The number of nitrogens with zero attached hydrogens (tertiary/aromatic N) is 3. The van der Waals surface area contributed by atoms with E-state index >= 15 is 0 Å². The number of piperazine rings is 1. The van der Waals surface area contributed by atoms with Gasteiger partial charge in [-0.3, -0.25) is 4.79 Å². The summed E-state index contributed by atoms with van der Waals surface area (Å²) in [6, 6.07) is 10.4. The number of anilines is 2. The normalized spacial score (nSPS) is 14.9. The Morgan fingerprint density at radius 3 is 2.51 bits per heavy atom. The number of rotatable bonds is 6. The molecule has 0 saturated carbocycles. The minimum absolute atomic E-state index is 0.0337. The lowest BCUT2D eigenvalue weighted by atomic mass is 10.1. The van der Waals surface area contributed by atoms with Crippen LogP contribution in [0.2, 0.25) is 0 Å². The molecule has 2 aromatic carbocycles. The third-order valence-electron chi connectivity index (χ3n) is 5.99. The standard InChI is InChI=1S/C25H26F4N4O2/c1-16-13-23(33-11-9-32(2)10-12-33)31-22-7-5-18(14-20(16)22)30-24(34)8-4-17-3-6-19(15-21(17)26)35-25(27,28)29/h3,5-7,13-15H,4,8-12H2,1-2H3,(H,30,34). The van der Waals surface area contributed by atoms with Crippen LogP contribution in [0.1, 0.15) is 17.5 Å². The molecule has 186 valence electrons. The van der Waals surface area contributed by atoms with Gasteiger partial charge in [-0.05, 0) is 61.9 Å². The van der Waals surface area contributed by atoms with E-state index < -0.39 is 17.9 Å². The van der Waals surface area contributed by atoms with Gasteiger partial charge in [-0.1, -0.05) is 6.07 Å². The average Bonchev–Trinajstić information content (AvgIpc) is 2.78. The van der Waals surface area contributed by atoms with E-state index in [2.05, 4.69) is 26.9 Å². The van der Waals surface area contributed by atoms with E-state index in [0.717, 1.165) is 54.5 Å². The van der Waals surface area contributed by atoms with E-state index in [1.807, 2.05) is 25.1 Å². The minimum Gasteiger partial charge on any atom is -0.406 e. The number of amides is 1. The van der Waals surface area contributed by atoms with Crippen LogP contribution >= 0.6 is 0 Å². The molecule has 0 radical (unpaired) electrons. The lowest BCUT2D eigenvalue weighted by Gasteiger charge is -2.33. The van der Waals surface area contributed by atoms with Gasteiger partial charge in [0.2, 0.25) is 5.91 Å². The second kappa shape index (κ2) is 10.1. The summed E-state index contributed by atoms with van der Waals surface area (Å²) < 4.78 is 54.6. The summed E-state index contributed by atoms with van der Waals surface area (Å²) in [5, 5.41) is 3.72. The number of likely N-dealkylation sites (N-methyl/N-ethyl adjacent to an activating group) is 1. The molecule has 1 saturated heterocycles. The number of benzene rings is 2. The van der Waals surface area contributed by atoms with Crippen molar-refractivity contribution in [1.82, 2.24) is 9.88 Å². The highest BCUT2D eigenvalue weighted by Gasteiger charge is 2.31. The highest BCUT2D eigenvalue weighted by molar-refractivity contribution is 5.94. The van der Waals surface area contributed by atoms with Crippen molar-refractivity contribution < 1.29 is 27.1 Å². The topological polar surface area (TPSA) is 57.7 Å². The fourth-order valence-electron chi connectivity index (χ4n) is 4.05. The first-order valence-electron chi connectivity index (χ1n) is 11.3. The molecule has 1 aliphatic rings. The number of halogens is 4. The Bertz CT molecular complexity index is 1220. The zero-order valence-corrected chi connectivity index (χ0v) is 19.5. The molecule has 0 atom stereocenters. The molecular formula is C25H26F4N4O2. The van der Waals surface area contributed by atoms with Gasteiger partial charge in [-0.15, -0.1) is 13.2 Å². The molecule has 1 aliphatic heterocycles. The van der Waals surface area contributed by atoms with Crippen LogP contribution in [-0.2, 0) is 11.2 Å². The van der Waals surface area contributed by atoms with E-state index in [1.165, 1.54) is 6.07 Å².